The number of hydrogen-bond acceptors (Lipinski definition) is 2. The molecule has 0 heterocycles. The Morgan fingerprint density at radius 1 is 1.05 bits per heavy atom. The summed E-state index contributed by atoms with van der Waals surface area (Å²) in [5, 5.41) is 10.5. The number of allylic oxidation sites excluding steroid dienone is 1. The molecule has 0 aliphatic heterocycles. The minimum absolute atomic E-state index is 0.0538. The topological polar surface area (TPSA) is 37.3 Å². The van der Waals surface area contributed by atoms with Crippen LogP contribution in [0, 0.1) is 5.92 Å². The van der Waals surface area contributed by atoms with Crippen molar-refractivity contribution in [3.8, 4) is 0 Å². The molecule has 0 aromatic heterocycles. The molecule has 0 aliphatic carbocycles. The Labute approximate surface area is 119 Å². The largest absolute Gasteiger partial charge is 0.388 e. The lowest BCUT2D eigenvalue weighted by Gasteiger charge is -2.21. The van der Waals surface area contributed by atoms with Crippen LogP contribution in [-0.2, 0) is 0 Å². The number of benzene rings is 2. The van der Waals surface area contributed by atoms with Crippen LogP contribution in [0.15, 0.2) is 73.3 Å². The third-order valence-electron chi connectivity index (χ3n) is 3.34. The van der Waals surface area contributed by atoms with Crippen molar-refractivity contribution in [2.45, 2.75) is 12.5 Å². The van der Waals surface area contributed by atoms with E-state index in [0.29, 0.717) is 12.0 Å². The second-order valence-electron chi connectivity index (χ2n) is 4.72. The first-order valence-corrected chi connectivity index (χ1v) is 6.67. The maximum atomic E-state index is 12.5. The Bertz CT molecular complexity index is 560. The Balaban J connectivity index is 2.27. The van der Waals surface area contributed by atoms with Crippen LogP contribution in [0.3, 0.4) is 0 Å². The van der Waals surface area contributed by atoms with Crippen molar-refractivity contribution in [2.24, 2.45) is 5.92 Å². The summed E-state index contributed by atoms with van der Waals surface area (Å²) in [6.45, 7) is 3.69. The monoisotopic (exact) mass is 266 g/mol. The first-order valence-electron chi connectivity index (χ1n) is 6.67. The standard InChI is InChI=1S/C18H18O2/c1-2-9-16(17(19)14-10-5-3-6-11-14)18(20)15-12-7-4-8-13-15/h2-8,10-13,16-17,19H,1,9H2/t16-,17+/m0/s1. The molecule has 2 nitrogen and oxygen atoms in total. The normalized spacial score (nSPS) is 13.4. The Hall–Kier alpha value is -2.19. The lowest BCUT2D eigenvalue weighted by Crippen LogP contribution is -2.22. The molecule has 2 atom stereocenters. The van der Waals surface area contributed by atoms with Gasteiger partial charge >= 0.3 is 0 Å². The van der Waals surface area contributed by atoms with Crippen LogP contribution < -0.4 is 0 Å². The fourth-order valence-corrected chi connectivity index (χ4v) is 2.26. The number of carbonyl (C=O) groups is 1. The van der Waals surface area contributed by atoms with Crippen LogP contribution in [0.5, 0.6) is 0 Å². The van der Waals surface area contributed by atoms with Gasteiger partial charge in [0.1, 0.15) is 0 Å². The lowest BCUT2D eigenvalue weighted by atomic mass is 9.86. The van der Waals surface area contributed by atoms with Crippen molar-refractivity contribution in [1.29, 1.82) is 0 Å². The van der Waals surface area contributed by atoms with Gasteiger partial charge in [0.25, 0.3) is 0 Å². The summed E-state index contributed by atoms with van der Waals surface area (Å²) in [6.07, 6.45) is 1.31. The van der Waals surface area contributed by atoms with Crippen molar-refractivity contribution in [3.63, 3.8) is 0 Å². The summed E-state index contributed by atoms with van der Waals surface area (Å²) in [7, 11) is 0. The van der Waals surface area contributed by atoms with E-state index >= 15 is 0 Å². The summed E-state index contributed by atoms with van der Waals surface area (Å²) >= 11 is 0. The van der Waals surface area contributed by atoms with E-state index in [9.17, 15) is 9.90 Å². The summed E-state index contributed by atoms with van der Waals surface area (Å²) in [4.78, 5) is 12.5. The molecule has 2 aromatic rings. The van der Waals surface area contributed by atoms with Gasteiger partial charge in [0.2, 0.25) is 0 Å². The number of rotatable bonds is 6. The molecule has 0 saturated heterocycles. The molecule has 0 bridgehead atoms. The third-order valence-corrected chi connectivity index (χ3v) is 3.34. The van der Waals surface area contributed by atoms with Gasteiger partial charge in [-0.15, -0.1) is 6.58 Å². The van der Waals surface area contributed by atoms with E-state index < -0.39 is 12.0 Å². The van der Waals surface area contributed by atoms with Gasteiger partial charge in [-0.2, -0.15) is 0 Å². The quantitative estimate of drug-likeness (QED) is 0.638. The number of Topliss-reactive ketones (excluding diaryl/α,β-unsaturated/α-hetero) is 1. The van der Waals surface area contributed by atoms with E-state index in [-0.39, 0.29) is 5.78 Å². The second kappa shape index (κ2) is 6.83. The summed E-state index contributed by atoms with van der Waals surface area (Å²) in [6, 6.07) is 18.3. The summed E-state index contributed by atoms with van der Waals surface area (Å²) in [5.41, 5.74) is 1.37. The molecule has 102 valence electrons. The number of aliphatic hydroxyl groups is 1. The van der Waals surface area contributed by atoms with E-state index in [1.54, 1.807) is 18.2 Å². The Morgan fingerprint density at radius 2 is 1.60 bits per heavy atom. The summed E-state index contributed by atoms with van der Waals surface area (Å²) < 4.78 is 0. The minimum Gasteiger partial charge on any atom is -0.388 e. The molecule has 0 saturated carbocycles. The highest BCUT2D eigenvalue weighted by atomic mass is 16.3. The van der Waals surface area contributed by atoms with Gasteiger partial charge < -0.3 is 5.11 Å². The molecular weight excluding hydrogens is 248 g/mol. The minimum atomic E-state index is -0.818. The molecule has 2 rings (SSSR count). The van der Waals surface area contributed by atoms with Crippen molar-refractivity contribution in [2.75, 3.05) is 0 Å². The highest BCUT2D eigenvalue weighted by molar-refractivity contribution is 5.98. The van der Waals surface area contributed by atoms with Crippen LogP contribution in [-0.4, -0.2) is 10.9 Å². The molecule has 20 heavy (non-hydrogen) atoms. The fraction of sp³-hybridized carbons (Fsp3) is 0.167. The Morgan fingerprint density at radius 3 is 2.15 bits per heavy atom. The zero-order chi connectivity index (χ0) is 14.4. The fourth-order valence-electron chi connectivity index (χ4n) is 2.26. The number of hydrogen-bond donors (Lipinski definition) is 1. The van der Waals surface area contributed by atoms with Gasteiger partial charge in [-0.3, -0.25) is 4.79 Å². The van der Waals surface area contributed by atoms with Crippen LogP contribution >= 0.6 is 0 Å². The maximum absolute atomic E-state index is 12.5. The number of ketones is 1. The SMILES string of the molecule is C=CC[C@H](C(=O)c1ccccc1)[C@H](O)c1ccccc1. The van der Waals surface area contributed by atoms with Gasteiger partial charge in [0.15, 0.2) is 5.78 Å². The van der Waals surface area contributed by atoms with Gasteiger partial charge in [-0.25, -0.2) is 0 Å². The zero-order valence-corrected chi connectivity index (χ0v) is 11.3. The van der Waals surface area contributed by atoms with Crippen LogP contribution in [0.2, 0.25) is 0 Å². The van der Waals surface area contributed by atoms with Crippen LogP contribution in [0.25, 0.3) is 0 Å². The van der Waals surface area contributed by atoms with E-state index in [2.05, 4.69) is 6.58 Å². The van der Waals surface area contributed by atoms with Crippen molar-refractivity contribution in [1.82, 2.24) is 0 Å². The highest BCUT2D eigenvalue weighted by Crippen LogP contribution is 2.28. The molecule has 0 unspecified atom stereocenters. The van der Waals surface area contributed by atoms with E-state index in [0.717, 1.165) is 5.56 Å². The van der Waals surface area contributed by atoms with Gasteiger partial charge in [0, 0.05) is 5.56 Å². The van der Waals surface area contributed by atoms with E-state index in [4.69, 9.17) is 0 Å². The van der Waals surface area contributed by atoms with E-state index in [1.165, 1.54) is 0 Å². The molecule has 1 N–H and O–H groups in total. The smallest absolute Gasteiger partial charge is 0.169 e. The van der Waals surface area contributed by atoms with Crippen molar-refractivity contribution >= 4 is 5.78 Å². The van der Waals surface area contributed by atoms with Crippen LogP contribution in [0.4, 0.5) is 0 Å². The summed E-state index contributed by atoms with van der Waals surface area (Å²) in [5.74, 6) is -0.556. The first kappa shape index (κ1) is 14.2. The van der Waals surface area contributed by atoms with Crippen LogP contribution in [0.1, 0.15) is 28.4 Å². The zero-order valence-electron chi connectivity index (χ0n) is 11.3. The average Bonchev–Trinajstić information content (AvgIpc) is 2.53. The molecule has 2 aromatic carbocycles. The second-order valence-corrected chi connectivity index (χ2v) is 4.72. The number of carbonyl (C=O) groups excluding carboxylic acids is 1. The molecule has 0 amide bonds. The number of aliphatic hydroxyl groups excluding tert-OH is 1. The van der Waals surface area contributed by atoms with Gasteiger partial charge in [-0.05, 0) is 12.0 Å². The average molecular weight is 266 g/mol. The van der Waals surface area contributed by atoms with Gasteiger partial charge in [-0.1, -0.05) is 66.7 Å². The molecule has 0 fully saturated rings. The molecule has 0 aliphatic rings. The highest BCUT2D eigenvalue weighted by Gasteiger charge is 2.27. The lowest BCUT2D eigenvalue weighted by molar-refractivity contribution is 0.0682. The predicted molar refractivity (Wildman–Crippen MR) is 80.5 cm³/mol. The maximum Gasteiger partial charge on any atom is 0.169 e. The third kappa shape index (κ3) is 3.22. The molecule has 0 spiro atoms. The predicted octanol–water partition coefficient (Wildman–Crippen LogP) is 3.80. The first-order chi connectivity index (χ1) is 9.74. The molecule has 0 radical (unpaired) electrons. The van der Waals surface area contributed by atoms with E-state index in [1.807, 2.05) is 48.5 Å². The van der Waals surface area contributed by atoms with Gasteiger partial charge in [0.05, 0.1) is 12.0 Å². The molecular formula is C18H18O2. The Kier molecular flexibility index (Phi) is 4.85. The van der Waals surface area contributed by atoms with Crippen molar-refractivity contribution < 1.29 is 9.90 Å². The van der Waals surface area contributed by atoms with Crippen molar-refractivity contribution in [3.05, 3.63) is 84.4 Å². The molecule has 2 heteroatoms.